The van der Waals surface area contributed by atoms with Gasteiger partial charge in [0.05, 0.1) is 24.0 Å². The first-order valence-electron chi connectivity index (χ1n) is 9.99. The van der Waals surface area contributed by atoms with Crippen LogP contribution in [0.2, 0.25) is 0 Å². The molecule has 0 aliphatic rings. The van der Waals surface area contributed by atoms with E-state index in [-0.39, 0.29) is 12.2 Å². The van der Waals surface area contributed by atoms with Gasteiger partial charge < -0.3 is 4.40 Å². The van der Waals surface area contributed by atoms with E-state index in [1.54, 1.807) is 38.4 Å². The minimum atomic E-state index is -4.24. The smallest absolute Gasteiger partial charge is 0.307 e. The Morgan fingerprint density at radius 1 is 1.06 bits per heavy atom. The van der Waals surface area contributed by atoms with Gasteiger partial charge in [-0.05, 0) is 36.6 Å². The van der Waals surface area contributed by atoms with Crippen LogP contribution in [0.5, 0.6) is 0 Å². The molecule has 4 rings (SSSR count). The molecular formula is C23H21F3N6. The lowest BCUT2D eigenvalue weighted by atomic mass is 9.89. The molecule has 0 aliphatic heterocycles. The molecule has 164 valence electrons. The Morgan fingerprint density at radius 2 is 1.84 bits per heavy atom. The molecule has 4 heterocycles. The van der Waals surface area contributed by atoms with Gasteiger partial charge in [0, 0.05) is 41.8 Å². The van der Waals surface area contributed by atoms with Gasteiger partial charge in [-0.1, -0.05) is 13.8 Å². The van der Waals surface area contributed by atoms with E-state index in [1.165, 1.54) is 4.68 Å². The summed E-state index contributed by atoms with van der Waals surface area (Å²) < 4.78 is 42.0. The van der Waals surface area contributed by atoms with Crippen LogP contribution >= 0.6 is 0 Å². The molecule has 0 saturated carbocycles. The Balaban J connectivity index is 1.72. The minimum Gasteiger partial charge on any atom is -0.307 e. The Hall–Kier alpha value is -3.67. The van der Waals surface area contributed by atoms with E-state index in [0.29, 0.717) is 11.3 Å². The van der Waals surface area contributed by atoms with Crippen molar-refractivity contribution in [3.8, 4) is 28.5 Å². The molecule has 0 aromatic carbocycles. The van der Waals surface area contributed by atoms with Gasteiger partial charge in [-0.25, -0.2) is 9.97 Å². The first-order chi connectivity index (χ1) is 15.0. The van der Waals surface area contributed by atoms with E-state index < -0.39 is 18.0 Å². The van der Waals surface area contributed by atoms with Crippen molar-refractivity contribution >= 4 is 5.65 Å². The van der Waals surface area contributed by atoms with Gasteiger partial charge in [-0.15, -0.1) is 0 Å². The van der Waals surface area contributed by atoms with Crippen LogP contribution in [-0.4, -0.2) is 30.3 Å². The summed E-state index contributed by atoms with van der Waals surface area (Å²) in [6.45, 7) is 5.16. The fourth-order valence-corrected chi connectivity index (χ4v) is 3.86. The average Bonchev–Trinajstić information content (AvgIpc) is 3.29. The molecule has 4 aromatic rings. The Bertz CT molecular complexity index is 1320. The van der Waals surface area contributed by atoms with Gasteiger partial charge >= 0.3 is 6.18 Å². The monoisotopic (exact) mass is 438 g/mol. The number of rotatable bonds is 5. The third-order valence-electron chi connectivity index (χ3n) is 5.08. The molecule has 9 heteroatoms. The van der Waals surface area contributed by atoms with E-state index in [0.717, 1.165) is 22.5 Å². The van der Waals surface area contributed by atoms with Gasteiger partial charge in [-0.2, -0.15) is 23.5 Å². The number of nitriles is 1. The molecular weight excluding hydrogens is 417 g/mol. The lowest BCUT2D eigenvalue weighted by Crippen LogP contribution is -2.27. The summed E-state index contributed by atoms with van der Waals surface area (Å²) in [7, 11) is 0. The zero-order valence-corrected chi connectivity index (χ0v) is 17.9. The third kappa shape index (κ3) is 4.64. The standard InChI is InChI=1S/C23H21F3N6/c1-15-11-31-7-6-16(8-20(31)29-15)21-19(5-4-18(9-27)30-21)17-10-28-32(12-17)14-22(2,3)13-23(24,25)26/h4-8,10-12H,13-14H2,1-3H3. The lowest BCUT2D eigenvalue weighted by molar-refractivity contribution is -0.156. The topological polar surface area (TPSA) is 71.8 Å². The van der Waals surface area contributed by atoms with Gasteiger partial charge in [0.1, 0.15) is 17.4 Å². The molecule has 0 N–H and O–H groups in total. The second-order valence-electron chi connectivity index (χ2n) is 8.65. The quantitative estimate of drug-likeness (QED) is 0.417. The maximum atomic E-state index is 12.9. The summed E-state index contributed by atoms with van der Waals surface area (Å²) in [6.07, 6.45) is 1.96. The molecule has 0 aliphatic carbocycles. The summed E-state index contributed by atoms with van der Waals surface area (Å²) >= 11 is 0. The highest BCUT2D eigenvalue weighted by Gasteiger charge is 2.36. The summed E-state index contributed by atoms with van der Waals surface area (Å²) in [5.74, 6) is 0. The summed E-state index contributed by atoms with van der Waals surface area (Å²) in [5.41, 5.74) is 3.69. The minimum absolute atomic E-state index is 0.116. The molecule has 0 bridgehead atoms. The van der Waals surface area contributed by atoms with Crippen molar-refractivity contribution < 1.29 is 13.2 Å². The van der Waals surface area contributed by atoms with Crippen LogP contribution in [0.15, 0.2) is 49.1 Å². The van der Waals surface area contributed by atoms with E-state index in [4.69, 9.17) is 0 Å². The SMILES string of the molecule is Cc1cn2ccc(-c3nc(C#N)ccc3-c3cnn(CC(C)(C)CC(F)(F)F)c3)cc2n1. The number of nitrogens with zero attached hydrogens (tertiary/aromatic N) is 6. The number of aromatic nitrogens is 5. The largest absolute Gasteiger partial charge is 0.389 e. The highest BCUT2D eigenvalue weighted by Crippen LogP contribution is 2.35. The molecule has 4 aromatic heterocycles. The van der Waals surface area contributed by atoms with E-state index in [9.17, 15) is 18.4 Å². The number of aryl methyl sites for hydroxylation is 1. The molecule has 6 nitrogen and oxygen atoms in total. The zero-order valence-electron chi connectivity index (χ0n) is 17.9. The number of pyridine rings is 2. The first kappa shape index (κ1) is 21.6. The maximum Gasteiger partial charge on any atom is 0.389 e. The molecule has 0 spiro atoms. The summed E-state index contributed by atoms with van der Waals surface area (Å²) in [6, 6.07) is 9.22. The van der Waals surface area contributed by atoms with Crippen molar-refractivity contribution in [2.24, 2.45) is 5.41 Å². The van der Waals surface area contributed by atoms with Crippen molar-refractivity contribution in [1.82, 2.24) is 24.1 Å². The average molecular weight is 438 g/mol. The van der Waals surface area contributed by atoms with Crippen LogP contribution in [0.4, 0.5) is 13.2 Å². The van der Waals surface area contributed by atoms with E-state index in [1.807, 2.05) is 35.9 Å². The zero-order chi connectivity index (χ0) is 23.1. The first-order valence-corrected chi connectivity index (χ1v) is 9.99. The van der Waals surface area contributed by atoms with E-state index >= 15 is 0 Å². The lowest BCUT2D eigenvalue weighted by Gasteiger charge is -2.25. The van der Waals surface area contributed by atoms with E-state index in [2.05, 4.69) is 21.1 Å². The van der Waals surface area contributed by atoms with Crippen LogP contribution in [0.25, 0.3) is 28.0 Å². The Kier molecular flexibility index (Phi) is 5.25. The number of fused-ring (bicyclic) bond motifs is 1. The fourth-order valence-electron chi connectivity index (χ4n) is 3.86. The number of imidazole rings is 1. The fraction of sp³-hybridized carbons (Fsp3) is 0.304. The van der Waals surface area contributed by atoms with Crippen molar-refractivity contribution in [3.05, 3.63) is 60.4 Å². The predicted molar refractivity (Wildman–Crippen MR) is 114 cm³/mol. The second-order valence-corrected chi connectivity index (χ2v) is 8.65. The molecule has 0 saturated heterocycles. The summed E-state index contributed by atoms with van der Waals surface area (Å²) in [5, 5.41) is 13.6. The Morgan fingerprint density at radius 3 is 2.56 bits per heavy atom. The highest BCUT2D eigenvalue weighted by atomic mass is 19.4. The van der Waals surface area contributed by atoms with Crippen LogP contribution in [0, 0.1) is 23.7 Å². The molecule has 0 unspecified atom stereocenters. The number of hydrogen-bond donors (Lipinski definition) is 0. The highest BCUT2D eigenvalue weighted by molar-refractivity contribution is 5.81. The van der Waals surface area contributed by atoms with Gasteiger partial charge in [0.2, 0.25) is 0 Å². The van der Waals surface area contributed by atoms with Crippen LogP contribution in [0.1, 0.15) is 31.7 Å². The Labute approximate surface area is 183 Å². The van der Waals surface area contributed by atoms with Crippen molar-refractivity contribution in [3.63, 3.8) is 0 Å². The molecule has 0 atom stereocenters. The van der Waals surface area contributed by atoms with Crippen molar-refractivity contribution in [2.75, 3.05) is 0 Å². The van der Waals surface area contributed by atoms with Gasteiger partial charge in [-0.3, -0.25) is 4.68 Å². The third-order valence-corrected chi connectivity index (χ3v) is 5.08. The normalized spacial score (nSPS) is 12.3. The summed E-state index contributed by atoms with van der Waals surface area (Å²) in [4.78, 5) is 8.98. The molecule has 32 heavy (non-hydrogen) atoms. The van der Waals surface area contributed by atoms with Crippen LogP contribution in [0.3, 0.4) is 0 Å². The second kappa shape index (κ2) is 7.79. The number of alkyl halides is 3. The van der Waals surface area contributed by atoms with Crippen molar-refractivity contribution in [2.45, 2.75) is 39.9 Å². The number of halogens is 3. The molecule has 0 fully saturated rings. The van der Waals surface area contributed by atoms with Crippen molar-refractivity contribution in [1.29, 1.82) is 5.26 Å². The molecule has 0 amide bonds. The van der Waals surface area contributed by atoms with Gasteiger partial charge in [0.15, 0.2) is 0 Å². The van der Waals surface area contributed by atoms with Crippen LogP contribution < -0.4 is 0 Å². The number of hydrogen-bond acceptors (Lipinski definition) is 4. The van der Waals surface area contributed by atoms with Crippen LogP contribution in [-0.2, 0) is 6.54 Å². The predicted octanol–water partition coefficient (Wildman–Crippen LogP) is 5.42. The van der Waals surface area contributed by atoms with Gasteiger partial charge in [0.25, 0.3) is 0 Å². The maximum absolute atomic E-state index is 12.9. The molecule has 0 radical (unpaired) electrons.